The zero-order chi connectivity index (χ0) is 93.9. The third-order valence-electron chi connectivity index (χ3n) is 22.9. The van der Waals surface area contributed by atoms with Gasteiger partial charge in [0.15, 0.2) is 17.3 Å². The minimum atomic E-state index is -2.40. The van der Waals surface area contributed by atoms with Crippen LogP contribution in [0, 0.1) is 29.6 Å². The van der Waals surface area contributed by atoms with E-state index >= 15 is 9.00 Å². The summed E-state index contributed by atoms with van der Waals surface area (Å²) in [6.07, 6.45) is -1.88. The van der Waals surface area contributed by atoms with Crippen molar-refractivity contribution in [3.05, 3.63) is 95.6 Å². The lowest BCUT2D eigenvalue weighted by Crippen LogP contribution is -2.56. The first-order valence-corrected chi connectivity index (χ1v) is 46.9. The number of aromatic nitrogens is 1. The summed E-state index contributed by atoms with van der Waals surface area (Å²) in [6.45, 7) is 6.43. The molecule has 0 aliphatic carbocycles. The molecule has 3 aromatic carbocycles. The molecule has 702 valence electrons. The van der Waals surface area contributed by atoms with Crippen LogP contribution >= 0.6 is 21.6 Å². The Labute approximate surface area is 752 Å². The Morgan fingerprint density at radius 1 is 0.695 bits per heavy atom. The van der Waals surface area contributed by atoms with Gasteiger partial charge in [0.1, 0.15) is 40.7 Å². The van der Waals surface area contributed by atoms with Gasteiger partial charge in [-0.25, -0.2) is 14.4 Å². The van der Waals surface area contributed by atoms with Crippen LogP contribution in [0.2, 0.25) is 0 Å². The molecule has 0 radical (unpaired) electrons. The first-order chi connectivity index (χ1) is 60.8. The maximum Gasteiger partial charge on any atom is 0.326 e. The molecule has 1 fully saturated rings. The van der Waals surface area contributed by atoms with Crippen LogP contribution in [-0.2, 0) is 107 Å². The number of carbonyl (C=O) groups is 17. The molecule has 37 nitrogen and oxygen atoms in total. The minimum Gasteiger partial charge on any atom is -0.493 e. The van der Waals surface area contributed by atoms with Crippen molar-refractivity contribution in [1.82, 2.24) is 57.7 Å². The van der Waals surface area contributed by atoms with Crippen LogP contribution in [0.5, 0.6) is 5.75 Å². The SMILES string of the molecule is CC[C@H](C)[C@@H]1NC(=O)CNC(=O)C2CC(=O)[C@H]([C@@H](C)[C@@H](O)CO)NC(=O)[C@@H]3CC(O)CN3C(=O)[C@H](CC(N)=O)CC(=O)C(CS(=O)c3[nH]c4cc(OCCCSSC(C)(C)CCCC(=O)[C@H](Cc5ccccc5)NC(=O)[C@@H](CC(=O)CCCCCCCNC(=O)CCC(NC(=O)NC(CCC(=O)O)C(=O)O)C(=O)O)Cc5ccccc5)ccc4c3C2)NC(=O)CNC1=O. The molecule has 0 spiro atoms. The molecule has 1 saturated heterocycles. The molecular weight excluding hydrogens is 1720 g/mol. The zero-order valence-electron chi connectivity index (χ0n) is 72.7. The number of carboxylic acid groups (broad SMARTS) is 3. The number of carboxylic acids is 3. The Bertz CT molecular complexity index is 4580. The van der Waals surface area contributed by atoms with E-state index in [1.165, 1.54) is 6.92 Å². The Balaban J connectivity index is 0.986. The number of urea groups is 1. The predicted octanol–water partition coefficient (Wildman–Crippen LogP) is 3.08. The summed E-state index contributed by atoms with van der Waals surface area (Å²) >= 11 is 0. The fourth-order valence-electron chi connectivity index (χ4n) is 15.4. The van der Waals surface area contributed by atoms with Gasteiger partial charge in [-0.2, -0.15) is 0 Å². The van der Waals surface area contributed by atoms with Gasteiger partial charge in [-0.15, -0.1) is 0 Å². The second kappa shape index (κ2) is 52.1. The van der Waals surface area contributed by atoms with Crippen molar-refractivity contribution in [3.63, 3.8) is 0 Å². The number of amides is 11. The van der Waals surface area contributed by atoms with Crippen LogP contribution in [0.15, 0.2) is 83.9 Å². The van der Waals surface area contributed by atoms with E-state index in [0.29, 0.717) is 73.8 Å². The van der Waals surface area contributed by atoms with Crippen LogP contribution in [0.3, 0.4) is 0 Å². The van der Waals surface area contributed by atoms with Gasteiger partial charge in [-0.1, -0.05) is 129 Å². The van der Waals surface area contributed by atoms with Crippen LogP contribution < -0.4 is 58.3 Å². The molecule has 1 aromatic heterocycles. The summed E-state index contributed by atoms with van der Waals surface area (Å²) in [6, 6.07) is 11.9. The second-order valence-electron chi connectivity index (χ2n) is 33.5. The average molecular weight is 1840 g/mol. The van der Waals surface area contributed by atoms with Crippen LogP contribution in [0.4, 0.5) is 4.79 Å². The lowest BCUT2D eigenvalue weighted by atomic mass is 9.85. The van der Waals surface area contributed by atoms with Crippen molar-refractivity contribution in [2.24, 2.45) is 35.3 Å². The second-order valence-corrected chi connectivity index (χ2v) is 38.1. The van der Waals surface area contributed by atoms with E-state index in [2.05, 4.69) is 61.4 Å². The number of aliphatic hydroxyl groups excluding tert-OH is 3. The van der Waals surface area contributed by atoms with Gasteiger partial charge in [0.25, 0.3) is 0 Å². The maximum atomic E-state index is 15.4. The number of aromatic amines is 1. The van der Waals surface area contributed by atoms with Gasteiger partial charge in [0.05, 0.1) is 84.6 Å². The summed E-state index contributed by atoms with van der Waals surface area (Å²) < 4.78 is 21.3. The number of fused-ring (bicyclic) bond motifs is 5. The summed E-state index contributed by atoms with van der Waals surface area (Å²) in [5.74, 6) is -19.5. The number of hydrogen-bond donors (Lipinski definition) is 17. The van der Waals surface area contributed by atoms with Crippen molar-refractivity contribution in [2.45, 2.75) is 247 Å². The average Bonchev–Trinajstić information content (AvgIpc) is 1.63. The highest BCUT2D eigenvalue weighted by Gasteiger charge is 2.46. The molecule has 3 aliphatic rings. The number of H-pyrrole nitrogens is 1. The Hall–Kier alpha value is -10.7. The number of ether oxygens (including phenoxy) is 1. The third-order valence-corrected chi connectivity index (χ3v) is 27.7. The quantitative estimate of drug-likeness (QED) is 0.0223. The number of primary amides is 1. The summed E-state index contributed by atoms with van der Waals surface area (Å²) in [5, 5.41) is 82.9. The number of nitrogens with one attached hydrogen (secondary N) is 10. The van der Waals surface area contributed by atoms with E-state index in [9.17, 15) is 102 Å². The molecule has 7 rings (SSSR count). The zero-order valence-corrected chi connectivity index (χ0v) is 75.1. The standard InChI is InChI=1S/C88H122N12O25S3/c1-6-50(2)77-82(117)92-45-74(110)93-66-49-128(124)83-61(39-55(79(114)91-46-75(111)98-77)40-70(106)78(51(3)71(107)48-101)99-81(116)67-43-58(103)47-100(67)84(118)56(41-69(66)105)42-72(89)108)60-27-26-59(44-64(60)95-83)125-34-19-35-126-127-88(4,5)32-18-25-68(104)65(37-53-22-14-11-15-23-53)94-80(115)54(36-52-20-12-10-13-21-52)38-57(102)24-16-8-7-9-17-33-90-73(109)30-28-62(85(119)120)96-87(123)97-63(86(121)122)29-31-76(112)113/h10-15,20-23,26-27,44,50-51,54-56,58,62-63,65-67,71,77-78,95,101,103,107H,6-9,16-19,24-25,28-43,45-49H2,1-5H3,(H2,89,108)(H,90,109)(H,91,114)(H,92,117)(H,93,110)(H,94,115)(H,98,111)(H,99,116)(H,112,113)(H,119,120)(H,121,122)(H2,96,97,123)/t50-,51-,54+,55?,56-,58?,62?,63?,65-,66?,67-,71-,77-,78-,128?/m0/s1. The van der Waals surface area contributed by atoms with E-state index in [1.807, 2.05) is 66.0 Å². The molecule has 11 amide bonds. The monoisotopic (exact) mass is 1840 g/mol. The van der Waals surface area contributed by atoms with Crippen molar-refractivity contribution >= 4 is 144 Å². The van der Waals surface area contributed by atoms with E-state index < -0.39 is 260 Å². The molecule has 40 heteroatoms. The molecular formula is C88H122N12O25S3. The van der Waals surface area contributed by atoms with E-state index in [4.69, 9.17) is 15.6 Å². The summed E-state index contributed by atoms with van der Waals surface area (Å²) in [4.78, 5) is 234. The molecule has 15 atom stereocenters. The maximum absolute atomic E-state index is 15.4. The number of rotatable bonds is 45. The fourth-order valence-corrected chi connectivity index (χ4v) is 19.5. The van der Waals surface area contributed by atoms with Gasteiger partial charge < -0.3 is 98.8 Å². The number of hydrogen-bond acceptors (Lipinski definition) is 24. The summed E-state index contributed by atoms with van der Waals surface area (Å²) in [7, 11) is 0.830. The molecule has 128 heavy (non-hydrogen) atoms. The number of nitrogens with zero attached hydrogens (tertiary/aromatic N) is 1. The first kappa shape index (κ1) is 104. The van der Waals surface area contributed by atoms with Crippen molar-refractivity contribution in [2.75, 3.05) is 50.9 Å². The van der Waals surface area contributed by atoms with Crippen LogP contribution in [0.25, 0.3) is 10.9 Å². The predicted molar refractivity (Wildman–Crippen MR) is 473 cm³/mol. The molecule has 4 heterocycles. The number of carbonyl (C=O) groups excluding carboxylic acids is 14. The summed E-state index contributed by atoms with van der Waals surface area (Å²) in [5.41, 5.74) is 7.78. The lowest BCUT2D eigenvalue weighted by molar-refractivity contribution is -0.145. The topological polar surface area (TPSA) is 591 Å². The molecule has 0 saturated carbocycles. The normalized spacial score (nSPS) is 21.0. The van der Waals surface area contributed by atoms with E-state index in [-0.39, 0.29) is 85.0 Å². The Kier molecular flexibility index (Phi) is 42.5. The highest BCUT2D eigenvalue weighted by atomic mass is 33.1. The number of Topliss-reactive ketones (excluding diaryl/α,β-unsaturated/α-hetero) is 4. The number of nitrogens with two attached hydrogens (primary N) is 1. The third kappa shape index (κ3) is 34.1. The lowest BCUT2D eigenvalue weighted by Gasteiger charge is -2.32. The highest BCUT2D eigenvalue weighted by Crippen LogP contribution is 2.40. The smallest absolute Gasteiger partial charge is 0.326 e. The molecule has 6 unspecified atom stereocenters. The van der Waals surface area contributed by atoms with Gasteiger partial charge in [-0.05, 0) is 113 Å². The van der Waals surface area contributed by atoms with E-state index in [1.54, 1.807) is 53.6 Å². The molecule has 18 N–H and O–H groups in total. The van der Waals surface area contributed by atoms with Gasteiger partial charge in [0.2, 0.25) is 53.2 Å². The van der Waals surface area contributed by atoms with Gasteiger partial charge in [0, 0.05) is 111 Å². The van der Waals surface area contributed by atoms with Crippen LogP contribution in [0.1, 0.15) is 180 Å². The Morgan fingerprint density at radius 3 is 1.97 bits per heavy atom. The number of aliphatic carboxylic acids is 3. The molecule has 3 aliphatic heterocycles. The van der Waals surface area contributed by atoms with Crippen molar-refractivity contribution < 1.29 is 121 Å². The number of benzene rings is 3. The first-order valence-electron chi connectivity index (χ1n) is 43.3. The minimum absolute atomic E-state index is 0.0623. The van der Waals surface area contributed by atoms with Crippen molar-refractivity contribution in [1.29, 1.82) is 0 Å². The number of unbranched alkanes of at least 4 members (excludes halogenated alkanes) is 4. The Morgan fingerprint density at radius 2 is 1.33 bits per heavy atom. The number of aliphatic hydroxyl groups is 3. The van der Waals surface area contributed by atoms with Gasteiger partial charge in [-0.3, -0.25) is 71.3 Å². The fraction of sp³-hybridized carbons (Fsp3) is 0.580. The van der Waals surface area contributed by atoms with Gasteiger partial charge >= 0.3 is 23.9 Å². The van der Waals surface area contributed by atoms with Crippen LogP contribution in [-0.4, -0.2) is 255 Å². The molecule has 4 aromatic rings. The number of ketones is 4. The van der Waals surface area contributed by atoms with E-state index in [0.717, 1.165) is 22.4 Å². The highest BCUT2D eigenvalue weighted by molar-refractivity contribution is 8.77. The largest absolute Gasteiger partial charge is 0.493 e. The van der Waals surface area contributed by atoms with Crippen molar-refractivity contribution in [3.8, 4) is 5.75 Å². The molecule has 2 bridgehead atoms.